The number of thiophene rings is 1. The monoisotopic (exact) mass is 424 g/mol. The SMILES string of the molecule is O=C(O)c1cccc(-c2ccc3sc4ccc(-c5cccc(C(=O)O)c5)cc4c3c2)c1. The molecule has 0 amide bonds. The van der Waals surface area contributed by atoms with Gasteiger partial charge in [-0.05, 0) is 70.8 Å². The van der Waals surface area contributed by atoms with Crippen LogP contribution in [0.25, 0.3) is 42.4 Å². The number of fused-ring (bicyclic) bond motifs is 3. The molecule has 1 heterocycles. The van der Waals surface area contributed by atoms with E-state index in [1.165, 1.54) is 0 Å². The number of carbonyl (C=O) groups is 2. The molecule has 4 aromatic carbocycles. The van der Waals surface area contributed by atoms with Crippen molar-refractivity contribution in [1.29, 1.82) is 0 Å². The minimum atomic E-state index is -0.947. The summed E-state index contributed by atoms with van der Waals surface area (Å²) in [5.74, 6) is -1.89. The van der Waals surface area contributed by atoms with Gasteiger partial charge in [-0.1, -0.05) is 36.4 Å². The number of aromatic carboxylic acids is 2. The van der Waals surface area contributed by atoms with E-state index in [0.29, 0.717) is 0 Å². The molecule has 5 rings (SSSR count). The maximum atomic E-state index is 11.3. The average molecular weight is 424 g/mol. The Balaban J connectivity index is 1.66. The van der Waals surface area contributed by atoms with Gasteiger partial charge < -0.3 is 10.2 Å². The highest BCUT2D eigenvalue weighted by Gasteiger charge is 2.11. The topological polar surface area (TPSA) is 74.6 Å². The van der Waals surface area contributed by atoms with E-state index in [1.54, 1.807) is 47.7 Å². The normalized spacial score (nSPS) is 11.1. The van der Waals surface area contributed by atoms with Crippen LogP contribution in [0.15, 0.2) is 84.9 Å². The fraction of sp³-hybridized carbons (Fsp3) is 0. The molecule has 0 aliphatic heterocycles. The van der Waals surface area contributed by atoms with E-state index in [9.17, 15) is 19.8 Å². The molecule has 0 atom stereocenters. The van der Waals surface area contributed by atoms with Crippen LogP contribution in [-0.4, -0.2) is 22.2 Å². The minimum absolute atomic E-state index is 0.258. The summed E-state index contributed by atoms with van der Waals surface area (Å²) < 4.78 is 2.29. The summed E-state index contributed by atoms with van der Waals surface area (Å²) in [4.78, 5) is 22.7. The summed E-state index contributed by atoms with van der Waals surface area (Å²) in [7, 11) is 0. The second-order valence-corrected chi connectivity index (χ2v) is 8.38. The van der Waals surface area contributed by atoms with Crippen LogP contribution in [0.3, 0.4) is 0 Å². The van der Waals surface area contributed by atoms with E-state index in [1.807, 2.05) is 24.3 Å². The number of benzene rings is 4. The highest BCUT2D eigenvalue weighted by molar-refractivity contribution is 7.25. The molecule has 0 aliphatic carbocycles. The Labute approximate surface area is 181 Å². The molecule has 5 heteroatoms. The molecule has 0 spiro atoms. The number of hydrogen-bond acceptors (Lipinski definition) is 3. The Morgan fingerprint density at radius 3 is 1.39 bits per heavy atom. The standard InChI is InChI=1S/C26H16O4S/c27-25(28)19-5-1-3-15(11-19)17-7-9-23-21(13-17)22-14-18(8-10-24(22)31-23)16-4-2-6-20(12-16)26(29)30/h1-14H,(H,27,28)(H,29,30). The van der Waals surface area contributed by atoms with Crippen LogP contribution in [0.2, 0.25) is 0 Å². The molecule has 0 aliphatic rings. The first-order chi connectivity index (χ1) is 15.0. The predicted octanol–water partition coefficient (Wildman–Crippen LogP) is 6.78. The summed E-state index contributed by atoms with van der Waals surface area (Å²) in [6, 6.07) is 26.2. The lowest BCUT2D eigenvalue weighted by molar-refractivity contribution is 0.0686. The Hall–Kier alpha value is -3.96. The van der Waals surface area contributed by atoms with Crippen molar-refractivity contribution in [3.8, 4) is 22.3 Å². The van der Waals surface area contributed by atoms with Gasteiger partial charge >= 0.3 is 11.9 Å². The van der Waals surface area contributed by atoms with Crippen LogP contribution in [-0.2, 0) is 0 Å². The Kier molecular flexibility index (Phi) is 4.53. The highest BCUT2D eigenvalue weighted by atomic mass is 32.1. The first kappa shape index (κ1) is 19.0. The summed E-state index contributed by atoms with van der Waals surface area (Å²) >= 11 is 1.70. The summed E-state index contributed by atoms with van der Waals surface area (Å²) in [5, 5.41) is 20.8. The predicted molar refractivity (Wildman–Crippen MR) is 124 cm³/mol. The quantitative estimate of drug-likeness (QED) is 0.333. The van der Waals surface area contributed by atoms with Gasteiger partial charge in [0.25, 0.3) is 0 Å². The van der Waals surface area contributed by atoms with Gasteiger partial charge in [0.1, 0.15) is 0 Å². The third-order valence-electron chi connectivity index (χ3n) is 5.35. The average Bonchev–Trinajstić information content (AvgIpc) is 3.16. The molecule has 2 N–H and O–H groups in total. The molecular weight excluding hydrogens is 408 g/mol. The van der Waals surface area contributed by atoms with Crippen LogP contribution in [0.1, 0.15) is 20.7 Å². The second-order valence-electron chi connectivity index (χ2n) is 7.30. The largest absolute Gasteiger partial charge is 0.478 e. The van der Waals surface area contributed by atoms with Crippen LogP contribution >= 0.6 is 11.3 Å². The van der Waals surface area contributed by atoms with E-state index in [2.05, 4.69) is 24.3 Å². The van der Waals surface area contributed by atoms with Crippen molar-refractivity contribution >= 4 is 43.4 Å². The fourth-order valence-electron chi connectivity index (χ4n) is 3.80. The van der Waals surface area contributed by atoms with Gasteiger partial charge in [0.05, 0.1) is 11.1 Å². The zero-order valence-corrected chi connectivity index (χ0v) is 17.0. The van der Waals surface area contributed by atoms with Gasteiger partial charge in [-0.2, -0.15) is 0 Å². The van der Waals surface area contributed by atoms with E-state index < -0.39 is 11.9 Å². The third kappa shape index (κ3) is 3.45. The molecular formula is C26H16O4S. The van der Waals surface area contributed by atoms with Gasteiger partial charge in [-0.15, -0.1) is 11.3 Å². The molecule has 0 radical (unpaired) electrons. The molecule has 4 nitrogen and oxygen atoms in total. The van der Waals surface area contributed by atoms with Crippen LogP contribution in [0.4, 0.5) is 0 Å². The van der Waals surface area contributed by atoms with Crippen molar-refractivity contribution in [1.82, 2.24) is 0 Å². The summed E-state index contributed by atoms with van der Waals surface area (Å²) in [6.45, 7) is 0. The van der Waals surface area contributed by atoms with Crippen molar-refractivity contribution in [3.63, 3.8) is 0 Å². The molecule has 5 aromatic rings. The second kappa shape index (κ2) is 7.38. The van der Waals surface area contributed by atoms with Crippen molar-refractivity contribution in [2.75, 3.05) is 0 Å². The molecule has 1 aromatic heterocycles. The van der Waals surface area contributed by atoms with E-state index in [4.69, 9.17) is 0 Å². The van der Waals surface area contributed by atoms with Crippen LogP contribution in [0, 0.1) is 0 Å². The van der Waals surface area contributed by atoms with Crippen LogP contribution in [0.5, 0.6) is 0 Å². The molecule has 0 saturated heterocycles. The summed E-state index contributed by atoms with van der Waals surface area (Å²) in [6.07, 6.45) is 0. The molecule has 0 bridgehead atoms. The van der Waals surface area contributed by atoms with Crippen molar-refractivity contribution in [2.24, 2.45) is 0 Å². The van der Waals surface area contributed by atoms with Gasteiger partial charge in [0.15, 0.2) is 0 Å². The third-order valence-corrected chi connectivity index (χ3v) is 6.51. The van der Waals surface area contributed by atoms with Crippen molar-refractivity contribution in [3.05, 3.63) is 96.1 Å². The lowest BCUT2D eigenvalue weighted by Crippen LogP contribution is -1.95. The Bertz CT molecular complexity index is 1380. The van der Waals surface area contributed by atoms with E-state index in [0.717, 1.165) is 42.4 Å². The molecule has 0 fully saturated rings. The lowest BCUT2D eigenvalue weighted by Gasteiger charge is -2.05. The molecule has 31 heavy (non-hydrogen) atoms. The first-order valence-corrected chi connectivity index (χ1v) is 10.4. The molecule has 0 saturated carbocycles. The lowest BCUT2D eigenvalue weighted by atomic mass is 9.98. The number of carboxylic acid groups (broad SMARTS) is 2. The van der Waals surface area contributed by atoms with Crippen molar-refractivity contribution in [2.45, 2.75) is 0 Å². The van der Waals surface area contributed by atoms with Gasteiger partial charge in [0, 0.05) is 20.2 Å². The van der Waals surface area contributed by atoms with Crippen molar-refractivity contribution < 1.29 is 19.8 Å². The van der Waals surface area contributed by atoms with Gasteiger partial charge in [-0.25, -0.2) is 9.59 Å². The number of rotatable bonds is 4. The van der Waals surface area contributed by atoms with E-state index >= 15 is 0 Å². The zero-order chi connectivity index (χ0) is 21.5. The fourth-order valence-corrected chi connectivity index (χ4v) is 4.87. The number of carboxylic acids is 2. The van der Waals surface area contributed by atoms with Gasteiger partial charge in [-0.3, -0.25) is 0 Å². The highest BCUT2D eigenvalue weighted by Crippen LogP contribution is 2.38. The Morgan fingerprint density at radius 2 is 0.968 bits per heavy atom. The zero-order valence-electron chi connectivity index (χ0n) is 16.2. The number of hydrogen-bond donors (Lipinski definition) is 2. The first-order valence-electron chi connectivity index (χ1n) is 9.63. The van der Waals surface area contributed by atoms with E-state index in [-0.39, 0.29) is 11.1 Å². The Morgan fingerprint density at radius 1 is 0.548 bits per heavy atom. The maximum absolute atomic E-state index is 11.3. The van der Waals surface area contributed by atoms with Gasteiger partial charge in [0.2, 0.25) is 0 Å². The summed E-state index contributed by atoms with van der Waals surface area (Å²) in [5.41, 5.74) is 4.13. The van der Waals surface area contributed by atoms with Crippen LogP contribution < -0.4 is 0 Å². The molecule has 0 unspecified atom stereocenters. The minimum Gasteiger partial charge on any atom is -0.478 e. The molecule has 150 valence electrons. The smallest absolute Gasteiger partial charge is 0.335 e. The maximum Gasteiger partial charge on any atom is 0.335 e.